The van der Waals surface area contributed by atoms with Gasteiger partial charge in [0.05, 0.1) is 10.7 Å². The third kappa shape index (κ3) is 2.49. The number of hydrogen-bond donors (Lipinski definition) is 0. The van der Waals surface area contributed by atoms with Gasteiger partial charge in [-0.2, -0.15) is 0 Å². The highest BCUT2D eigenvalue weighted by Crippen LogP contribution is 2.31. The van der Waals surface area contributed by atoms with E-state index in [1.54, 1.807) is 0 Å². The number of nitrogens with zero attached hydrogens (tertiary/aromatic N) is 1. The summed E-state index contributed by atoms with van der Waals surface area (Å²) in [4.78, 5) is 3.64. The Hall–Kier alpha value is 0.0200. The molecule has 0 atom stereocenters. The van der Waals surface area contributed by atoms with Crippen molar-refractivity contribution in [1.29, 1.82) is 0 Å². The molecule has 0 aromatic carbocycles. The van der Waals surface area contributed by atoms with E-state index >= 15 is 0 Å². The topological polar surface area (TPSA) is 22.1 Å². The maximum atomic E-state index is 12.2. The molecule has 0 amide bonds. The number of hydrogen-bond acceptors (Lipinski definition) is 2. The second-order valence-electron chi connectivity index (χ2n) is 2.15. The van der Waals surface area contributed by atoms with Crippen molar-refractivity contribution >= 4 is 38.5 Å². The molecule has 0 fully saturated rings. The second-order valence-corrected chi connectivity index (χ2v) is 4.07. The lowest BCUT2D eigenvalue weighted by atomic mass is 10.3. The van der Waals surface area contributed by atoms with E-state index in [-0.39, 0.29) is 5.69 Å². The maximum Gasteiger partial charge on any atom is 0.280 e. The van der Waals surface area contributed by atoms with Gasteiger partial charge in [-0.05, 0) is 44.6 Å². The number of methoxy groups -OCH3 is 1. The van der Waals surface area contributed by atoms with Crippen LogP contribution in [-0.2, 0) is 0 Å². The zero-order valence-electron chi connectivity index (χ0n) is 6.52. The van der Waals surface area contributed by atoms with Crippen molar-refractivity contribution in [2.75, 3.05) is 7.11 Å². The van der Waals surface area contributed by atoms with Crippen molar-refractivity contribution < 1.29 is 13.5 Å². The monoisotopic (exact) mass is 363 g/mol. The van der Waals surface area contributed by atoms with E-state index in [1.807, 2.05) is 22.6 Å². The smallest absolute Gasteiger partial charge is 0.280 e. The van der Waals surface area contributed by atoms with Gasteiger partial charge in [-0.1, -0.05) is 0 Å². The largest absolute Gasteiger partial charge is 0.493 e. The first-order valence-corrected chi connectivity index (χ1v) is 5.11. The van der Waals surface area contributed by atoms with Crippen molar-refractivity contribution in [3.8, 4) is 5.75 Å². The summed E-state index contributed by atoms with van der Waals surface area (Å²) in [5, 5.41) is 0. The van der Waals surface area contributed by atoms with Gasteiger partial charge in [0.25, 0.3) is 6.43 Å². The Morgan fingerprint density at radius 2 is 2.23 bits per heavy atom. The summed E-state index contributed by atoms with van der Waals surface area (Å²) < 4.78 is 30.3. The van der Waals surface area contributed by atoms with Crippen LogP contribution in [0.25, 0.3) is 0 Å². The Balaban J connectivity index is 3.20. The molecule has 1 heterocycles. The van der Waals surface area contributed by atoms with Crippen LogP contribution in [0.5, 0.6) is 5.75 Å². The average Bonchev–Trinajstić information content (AvgIpc) is 2.03. The molecule has 1 rings (SSSR count). The van der Waals surface area contributed by atoms with Crippen molar-refractivity contribution in [1.82, 2.24) is 4.98 Å². The van der Waals surface area contributed by atoms with E-state index in [0.717, 1.165) is 0 Å². The molecule has 0 saturated heterocycles. The third-order valence-electron chi connectivity index (χ3n) is 1.33. The molecule has 6 heteroatoms. The highest BCUT2D eigenvalue weighted by Gasteiger charge is 2.15. The zero-order valence-corrected chi connectivity index (χ0v) is 10.3. The standard InChI is InChI=1S/C7H5BrF2INO/c1-13-5-3(11)2-4(7(9)10)12-6(5)8/h2,7H,1H3. The van der Waals surface area contributed by atoms with Crippen LogP contribution >= 0.6 is 38.5 Å². The number of rotatable bonds is 2. The van der Waals surface area contributed by atoms with E-state index in [1.165, 1.54) is 13.2 Å². The van der Waals surface area contributed by atoms with E-state index < -0.39 is 6.43 Å². The molecule has 2 nitrogen and oxygen atoms in total. The summed E-state index contributed by atoms with van der Waals surface area (Å²) in [6.07, 6.45) is -2.56. The van der Waals surface area contributed by atoms with Gasteiger partial charge < -0.3 is 4.74 Å². The number of ether oxygens (including phenoxy) is 1. The molecule has 0 bridgehead atoms. The highest BCUT2D eigenvalue weighted by atomic mass is 127. The van der Waals surface area contributed by atoms with Gasteiger partial charge in [-0.15, -0.1) is 0 Å². The molecule has 72 valence electrons. The average molecular weight is 364 g/mol. The van der Waals surface area contributed by atoms with Crippen molar-refractivity contribution in [2.45, 2.75) is 6.43 Å². The summed E-state index contributed by atoms with van der Waals surface area (Å²) in [6, 6.07) is 1.30. The lowest BCUT2D eigenvalue weighted by molar-refractivity contribution is 0.145. The van der Waals surface area contributed by atoms with Crippen LogP contribution in [0.3, 0.4) is 0 Å². The van der Waals surface area contributed by atoms with Crippen LogP contribution < -0.4 is 4.74 Å². The molecule has 0 unspecified atom stereocenters. The first kappa shape index (κ1) is 11.1. The summed E-state index contributed by atoms with van der Waals surface area (Å²) in [5.41, 5.74) is -0.253. The molecule has 1 aromatic heterocycles. The number of pyridine rings is 1. The molecule has 1 aromatic rings. The predicted molar refractivity (Wildman–Crippen MR) is 56.2 cm³/mol. The lowest BCUT2D eigenvalue weighted by Crippen LogP contribution is -1.96. The van der Waals surface area contributed by atoms with Gasteiger partial charge >= 0.3 is 0 Å². The van der Waals surface area contributed by atoms with Crippen LogP contribution in [0, 0.1) is 3.57 Å². The minimum absolute atomic E-state index is 0.253. The molecule has 0 aliphatic carbocycles. The predicted octanol–water partition coefficient (Wildman–Crippen LogP) is 3.39. The molecular weight excluding hydrogens is 359 g/mol. The number of aromatic nitrogens is 1. The van der Waals surface area contributed by atoms with Crippen molar-refractivity contribution in [3.63, 3.8) is 0 Å². The Kier molecular flexibility index (Phi) is 3.84. The molecular formula is C7H5BrF2INO. The van der Waals surface area contributed by atoms with Crippen LogP contribution in [0.4, 0.5) is 8.78 Å². The van der Waals surface area contributed by atoms with Gasteiger partial charge in [-0.3, -0.25) is 0 Å². The van der Waals surface area contributed by atoms with Gasteiger partial charge in [0.2, 0.25) is 0 Å². The van der Waals surface area contributed by atoms with Gasteiger partial charge in [0.15, 0.2) is 5.75 Å². The zero-order chi connectivity index (χ0) is 10.0. The Morgan fingerprint density at radius 3 is 2.62 bits per heavy atom. The first-order chi connectivity index (χ1) is 6.06. The summed E-state index contributed by atoms with van der Waals surface area (Å²) >= 11 is 4.97. The summed E-state index contributed by atoms with van der Waals surface area (Å²) in [6.45, 7) is 0. The van der Waals surface area contributed by atoms with E-state index in [4.69, 9.17) is 4.74 Å². The summed E-state index contributed by atoms with van der Waals surface area (Å²) in [7, 11) is 1.46. The van der Waals surface area contributed by atoms with E-state index in [9.17, 15) is 8.78 Å². The summed E-state index contributed by atoms with van der Waals surface area (Å²) in [5.74, 6) is 0.477. The molecule has 0 N–H and O–H groups in total. The quantitative estimate of drug-likeness (QED) is 0.593. The molecule has 13 heavy (non-hydrogen) atoms. The van der Waals surface area contributed by atoms with Crippen LogP contribution in [0.15, 0.2) is 10.7 Å². The number of halogens is 4. The molecule has 0 aliphatic heterocycles. The van der Waals surface area contributed by atoms with Crippen molar-refractivity contribution in [3.05, 3.63) is 19.9 Å². The molecule has 0 spiro atoms. The van der Waals surface area contributed by atoms with Crippen LogP contribution in [0.1, 0.15) is 12.1 Å². The first-order valence-electron chi connectivity index (χ1n) is 3.24. The fourth-order valence-corrected chi connectivity index (χ4v) is 2.53. The van der Waals surface area contributed by atoms with Crippen LogP contribution in [-0.4, -0.2) is 12.1 Å². The molecule has 0 saturated carbocycles. The molecule has 0 aliphatic rings. The maximum absolute atomic E-state index is 12.2. The minimum atomic E-state index is -2.56. The lowest BCUT2D eigenvalue weighted by Gasteiger charge is -2.07. The Morgan fingerprint density at radius 1 is 1.62 bits per heavy atom. The minimum Gasteiger partial charge on any atom is -0.493 e. The van der Waals surface area contributed by atoms with Gasteiger partial charge in [0.1, 0.15) is 10.3 Å². The third-order valence-corrected chi connectivity index (χ3v) is 2.67. The van der Waals surface area contributed by atoms with E-state index in [2.05, 4.69) is 20.9 Å². The highest BCUT2D eigenvalue weighted by molar-refractivity contribution is 14.1. The van der Waals surface area contributed by atoms with Crippen molar-refractivity contribution in [2.24, 2.45) is 0 Å². The fourth-order valence-electron chi connectivity index (χ4n) is 0.784. The number of alkyl halides is 2. The van der Waals surface area contributed by atoms with Crippen LogP contribution in [0.2, 0.25) is 0 Å². The normalized spacial score (nSPS) is 10.6. The van der Waals surface area contributed by atoms with E-state index in [0.29, 0.717) is 13.9 Å². The molecule has 0 radical (unpaired) electrons. The fraction of sp³-hybridized carbons (Fsp3) is 0.286. The SMILES string of the molecule is COc1c(I)cc(C(F)F)nc1Br. The Labute approximate surface area is 96.0 Å². The Bertz CT molecular complexity index is 298. The second kappa shape index (κ2) is 4.50. The van der Waals surface area contributed by atoms with Gasteiger partial charge in [0, 0.05) is 0 Å². The van der Waals surface area contributed by atoms with Gasteiger partial charge in [-0.25, -0.2) is 13.8 Å².